The summed E-state index contributed by atoms with van der Waals surface area (Å²) in [6.45, 7) is 4.08. The lowest BCUT2D eigenvalue weighted by atomic mass is 10.2. The molecule has 0 bridgehead atoms. The van der Waals surface area contributed by atoms with Crippen LogP contribution in [0.15, 0.2) is 243 Å². The van der Waals surface area contributed by atoms with E-state index in [2.05, 4.69) is 222 Å². The van der Waals surface area contributed by atoms with Crippen LogP contribution in [0, 0.1) is 0 Å². The van der Waals surface area contributed by atoms with Gasteiger partial charge >= 0.3 is 39.5 Å². The molecule has 0 aliphatic heterocycles. The summed E-state index contributed by atoms with van der Waals surface area (Å²) in [5.74, 6) is -2.50. The molecule has 0 radical (unpaired) electrons. The highest BCUT2D eigenvalue weighted by Crippen LogP contribution is 2.45. The van der Waals surface area contributed by atoms with Crippen molar-refractivity contribution < 1.29 is 80.2 Å². The van der Waals surface area contributed by atoms with Crippen molar-refractivity contribution in [2.24, 2.45) is 0 Å². The first-order valence-corrected chi connectivity index (χ1v) is 42.3. The number of hydrogen-bond donors (Lipinski definition) is 3. The molecule has 108 heavy (non-hydrogen) atoms. The first-order valence-electron chi connectivity index (χ1n) is 39.3. The lowest BCUT2D eigenvalue weighted by Crippen LogP contribution is -2.30. The van der Waals surface area contributed by atoms with Crippen LogP contribution in [0.25, 0.3) is 0 Å². The maximum Gasteiger partial charge on any atom is 0.472 e. The predicted octanol–water partition coefficient (Wildman–Crippen LogP) is 23.2. The number of phosphoric ester groups is 2. The van der Waals surface area contributed by atoms with Gasteiger partial charge in [0.2, 0.25) is 0 Å². The lowest BCUT2D eigenvalue weighted by Gasteiger charge is -2.21. The van der Waals surface area contributed by atoms with Crippen molar-refractivity contribution in [1.29, 1.82) is 0 Å². The maximum absolute atomic E-state index is 13.1. The molecule has 0 aromatic heterocycles. The van der Waals surface area contributed by atoms with Crippen LogP contribution >= 0.6 is 15.6 Å². The number of rotatable bonds is 70. The van der Waals surface area contributed by atoms with Crippen LogP contribution in [0.3, 0.4) is 0 Å². The zero-order chi connectivity index (χ0) is 78.9. The molecule has 0 amide bonds. The Kier molecular flexibility index (Phi) is 72.8. The minimum absolute atomic E-state index is 0.0102. The Balaban J connectivity index is 5.61. The Morgan fingerprint density at radius 3 is 0.750 bits per heavy atom. The zero-order valence-corrected chi connectivity index (χ0v) is 67.4. The highest BCUT2D eigenvalue weighted by atomic mass is 31.2. The highest BCUT2D eigenvalue weighted by Gasteiger charge is 2.30. The molecule has 19 heteroatoms. The highest BCUT2D eigenvalue weighted by molar-refractivity contribution is 7.47. The third kappa shape index (κ3) is 77.0. The van der Waals surface area contributed by atoms with Crippen molar-refractivity contribution in [2.75, 3.05) is 39.6 Å². The van der Waals surface area contributed by atoms with Crippen molar-refractivity contribution >= 4 is 39.5 Å². The van der Waals surface area contributed by atoms with E-state index in [-0.39, 0.29) is 25.7 Å². The summed E-state index contributed by atoms with van der Waals surface area (Å²) < 4.78 is 68.3. The Bertz CT molecular complexity index is 3010. The van der Waals surface area contributed by atoms with E-state index in [9.17, 15) is 43.2 Å². The molecule has 0 aliphatic carbocycles. The predicted molar refractivity (Wildman–Crippen MR) is 444 cm³/mol. The van der Waals surface area contributed by atoms with Gasteiger partial charge in [-0.1, -0.05) is 271 Å². The zero-order valence-electron chi connectivity index (χ0n) is 65.6. The Morgan fingerprint density at radius 2 is 0.472 bits per heavy atom. The van der Waals surface area contributed by atoms with Crippen LogP contribution in [0.2, 0.25) is 0 Å². The van der Waals surface area contributed by atoms with Gasteiger partial charge in [0.05, 0.1) is 26.4 Å². The van der Waals surface area contributed by atoms with Gasteiger partial charge in [-0.2, -0.15) is 0 Å². The summed E-state index contributed by atoms with van der Waals surface area (Å²) in [6, 6.07) is 0. The Labute approximate surface area is 650 Å². The molecule has 3 N–H and O–H groups in total. The molecule has 5 atom stereocenters. The smallest absolute Gasteiger partial charge is 0.462 e. The van der Waals surface area contributed by atoms with Gasteiger partial charge in [-0.3, -0.25) is 37.3 Å². The Hall–Kier alpha value is -7.14. The summed E-state index contributed by atoms with van der Waals surface area (Å²) in [7, 11) is -10.1. The summed E-state index contributed by atoms with van der Waals surface area (Å²) in [5, 5.41) is 10.6. The van der Waals surface area contributed by atoms with Crippen LogP contribution in [-0.4, -0.2) is 96.7 Å². The van der Waals surface area contributed by atoms with Gasteiger partial charge in [0.1, 0.15) is 19.3 Å². The SMILES string of the molecule is CC/C=C\C/C=C\C/C=C\C/C=C\C/C=C\C/C=C\CCC(=O)OCC(COP(=O)(O)OCC(O)COP(=O)(O)OCC(COC(=O)CCC/C=C\C/C=C\C/C=C\C/C=C\C/C=C\CC)OC(=O)CCCC/C=C\C/C=C\C/C=C\C/C=C\CC)OC(=O)CCC/C=C\C/C=C\C/C=C\C/C=C\C/C=C\CC. The van der Waals surface area contributed by atoms with Gasteiger partial charge in [0, 0.05) is 25.7 Å². The summed E-state index contributed by atoms with van der Waals surface area (Å²) in [4.78, 5) is 73.0. The molecule has 0 aromatic rings. The molecule has 0 fully saturated rings. The van der Waals surface area contributed by atoms with Crippen molar-refractivity contribution in [2.45, 2.75) is 251 Å². The topological polar surface area (TPSA) is 237 Å². The van der Waals surface area contributed by atoms with E-state index in [1.54, 1.807) is 0 Å². The Morgan fingerprint density at radius 1 is 0.259 bits per heavy atom. The van der Waals surface area contributed by atoms with Crippen LogP contribution in [0.1, 0.15) is 233 Å². The monoisotopic (exact) mass is 1540 g/mol. The fourth-order valence-corrected chi connectivity index (χ4v) is 10.6. The first kappa shape index (κ1) is 101. The molecule has 0 aliphatic rings. The summed E-state index contributed by atoms with van der Waals surface area (Å²) >= 11 is 0. The van der Waals surface area contributed by atoms with E-state index < -0.39 is 97.5 Å². The van der Waals surface area contributed by atoms with Gasteiger partial charge in [0.25, 0.3) is 0 Å². The van der Waals surface area contributed by atoms with Gasteiger partial charge < -0.3 is 33.8 Å². The van der Waals surface area contributed by atoms with Gasteiger partial charge in [-0.25, -0.2) is 9.13 Å². The largest absolute Gasteiger partial charge is 0.472 e. The molecular weight excluding hydrogens is 1400 g/mol. The quantitative estimate of drug-likeness (QED) is 0.0169. The molecule has 0 rings (SSSR count). The number of esters is 4. The molecule has 5 unspecified atom stereocenters. The second kappa shape index (κ2) is 78.0. The van der Waals surface area contributed by atoms with Crippen molar-refractivity contribution in [3.63, 3.8) is 0 Å². The fraction of sp³-hybridized carbons (Fsp3) is 0.506. The second-order valence-corrected chi connectivity index (χ2v) is 27.7. The van der Waals surface area contributed by atoms with E-state index in [0.717, 1.165) is 128 Å². The lowest BCUT2D eigenvalue weighted by molar-refractivity contribution is -0.161. The van der Waals surface area contributed by atoms with E-state index >= 15 is 0 Å². The standard InChI is InChI=1S/C89H134O17P2/c1-5-9-13-17-21-25-29-33-37-40-41-44-47-50-54-58-62-66-70-74-87(92)100-80-85(106-89(94)76-72-68-64-60-56-52-48-43-39-35-31-27-23-19-15-11-7-3)82-104-108(97,98)102-78-83(90)77-101-107(95,96)103-81-84(105-88(93)75-71-67-63-59-55-51-45-36-32-28-24-20-16-12-8-4)79-99-86(91)73-69-65-61-57-53-49-46-42-38-34-30-26-22-18-14-10-6-2/h9-16,21-28,33-39,41,44-46,48-50,52,54-55,57,59-62,64,66,83-85,90H,5-8,17-20,29-32,40,42-43,47,51,53,56,58,63,65,67-82H2,1-4H3,(H,95,96)(H,97,98)/b13-9-,14-10-,15-11-,16-12-,25-21-,26-22-,27-23-,28-24-,37-33-,38-34-,39-35-,44-41-,45-36-,49-46-,52-48-,54-50-,59-55-,61-57-,64-60-,66-62-. The van der Waals surface area contributed by atoms with Gasteiger partial charge in [-0.15, -0.1) is 0 Å². The number of carbonyl (C=O) groups is 4. The first-order chi connectivity index (χ1) is 52.7. The normalized spacial score (nSPS) is 15.1. The van der Waals surface area contributed by atoms with E-state index in [1.807, 2.05) is 48.6 Å². The van der Waals surface area contributed by atoms with E-state index in [4.69, 9.17) is 37.0 Å². The third-order valence-electron chi connectivity index (χ3n) is 14.8. The molecule has 0 saturated carbocycles. The average Bonchev–Trinajstić information content (AvgIpc) is 0.906. The van der Waals surface area contributed by atoms with Crippen LogP contribution in [-0.2, 0) is 65.4 Å². The number of hydrogen-bond acceptors (Lipinski definition) is 15. The fourth-order valence-electron chi connectivity index (χ4n) is 9.01. The minimum atomic E-state index is -5.03. The number of phosphoric acid groups is 2. The van der Waals surface area contributed by atoms with Gasteiger partial charge in [-0.05, 0) is 180 Å². The molecule has 602 valence electrons. The number of ether oxygens (including phenoxy) is 4. The van der Waals surface area contributed by atoms with Crippen LogP contribution < -0.4 is 0 Å². The third-order valence-corrected chi connectivity index (χ3v) is 16.7. The number of aliphatic hydroxyl groups is 1. The molecule has 0 spiro atoms. The van der Waals surface area contributed by atoms with Crippen molar-refractivity contribution in [3.8, 4) is 0 Å². The molecule has 0 saturated heterocycles. The van der Waals surface area contributed by atoms with Gasteiger partial charge in [0.15, 0.2) is 12.2 Å². The van der Waals surface area contributed by atoms with E-state index in [0.29, 0.717) is 51.4 Å². The van der Waals surface area contributed by atoms with E-state index in [1.165, 1.54) is 0 Å². The number of aliphatic hydroxyl groups excluding tert-OH is 1. The minimum Gasteiger partial charge on any atom is -0.462 e. The van der Waals surface area contributed by atoms with Crippen LogP contribution in [0.4, 0.5) is 0 Å². The summed E-state index contributed by atoms with van der Waals surface area (Å²) in [5.41, 5.74) is 0. The number of allylic oxidation sites excluding steroid dienone is 40. The number of unbranched alkanes of at least 4 members (excludes halogenated alkanes) is 4. The average molecular weight is 1540 g/mol. The molecular formula is C89H134O17P2. The van der Waals surface area contributed by atoms with Crippen molar-refractivity contribution in [1.82, 2.24) is 0 Å². The molecule has 0 aromatic carbocycles. The number of carbonyl (C=O) groups excluding carboxylic acids is 4. The molecule has 17 nitrogen and oxygen atoms in total. The van der Waals surface area contributed by atoms with Crippen LogP contribution in [0.5, 0.6) is 0 Å². The summed E-state index contributed by atoms with van der Waals surface area (Å²) in [6.07, 6.45) is 102. The second-order valence-electron chi connectivity index (χ2n) is 24.8. The molecule has 0 heterocycles. The van der Waals surface area contributed by atoms with Crippen molar-refractivity contribution in [3.05, 3.63) is 243 Å². The maximum atomic E-state index is 13.1.